The lowest BCUT2D eigenvalue weighted by molar-refractivity contribution is 0.0473. The van der Waals surface area contributed by atoms with Crippen molar-refractivity contribution in [1.29, 1.82) is 0 Å². The Morgan fingerprint density at radius 2 is 1.96 bits per heavy atom. The van der Waals surface area contributed by atoms with Crippen molar-refractivity contribution in [3.8, 4) is 0 Å². The monoisotopic (exact) mass is 339 g/mol. The highest BCUT2D eigenvalue weighted by Crippen LogP contribution is 2.15. The van der Waals surface area contributed by atoms with Crippen molar-refractivity contribution in [2.24, 2.45) is 0 Å². The van der Waals surface area contributed by atoms with Crippen molar-refractivity contribution in [3.05, 3.63) is 29.0 Å². The van der Waals surface area contributed by atoms with Crippen LogP contribution in [0.4, 0.5) is 4.79 Å². The molecular formula is C16H22ClN3O3. The SMILES string of the molecule is CC(C)(C)OC(=O)NC1CCN(C(=O)c2ccc(Cl)nc2)CC1. The minimum Gasteiger partial charge on any atom is -0.444 e. The molecular weight excluding hydrogens is 318 g/mol. The third-order valence-corrected chi connectivity index (χ3v) is 3.70. The molecule has 7 heteroatoms. The smallest absolute Gasteiger partial charge is 0.407 e. The Bertz CT molecular complexity index is 561. The van der Waals surface area contributed by atoms with Crippen molar-refractivity contribution in [2.75, 3.05) is 13.1 Å². The van der Waals surface area contributed by atoms with Crippen LogP contribution < -0.4 is 5.32 Å². The van der Waals surface area contributed by atoms with Crippen molar-refractivity contribution in [3.63, 3.8) is 0 Å². The highest BCUT2D eigenvalue weighted by atomic mass is 35.5. The van der Waals surface area contributed by atoms with E-state index in [0.717, 1.165) is 0 Å². The number of likely N-dealkylation sites (tertiary alicyclic amines) is 1. The molecule has 0 saturated carbocycles. The lowest BCUT2D eigenvalue weighted by Gasteiger charge is -2.32. The molecule has 2 rings (SSSR count). The Morgan fingerprint density at radius 1 is 1.30 bits per heavy atom. The summed E-state index contributed by atoms with van der Waals surface area (Å²) >= 11 is 5.73. The van der Waals surface area contributed by atoms with Crippen LogP contribution in [0.25, 0.3) is 0 Å². The highest BCUT2D eigenvalue weighted by Gasteiger charge is 2.26. The van der Waals surface area contributed by atoms with Gasteiger partial charge in [0.25, 0.3) is 5.91 Å². The molecule has 0 spiro atoms. The average molecular weight is 340 g/mol. The van der Waals surface area contributed by atoms with Gasteiger partial charge in [0.2, 0.25) is 0 Å². The third-order valence-electron chi connectivity index (χ3n) is 3.48. The summed E-state index contributed by atoms with van der Waals surface area (Å²) in [6, 6.07) is 3.30. The van der Waals surface area contributed by atoms with Gasteiger partial charge in [0.05, 0.1) is 5.56 Å². The number of aromatic nitrogens is 1. The second kappa shape index (κ2) is 7.17. The lowest BCUT2D eigenvalue weighted by Crippen LogP contribution is -2.47. The molecule has 0 aromatic carbocycles. The number of rotatable bonds is 2. The Morgan fingerprint density at radius 3 is 2.48 bits per heavy atom. The number of nitrogens with one attached hydrogen (secondary N) is 1. The van der Waals surface area contributed by atoms with E-state index in [0.29, 0.717) is 36.6 Å². The van der Waals surface area contributed by atoms with Crippen molar-refractivity contribution < 1.29 is 14.3 Å². The zero-order valence-electron chi connectivity index (χ0n) is 13.6. The molecule has 1 aliphatic rings. The van der Waals surface area contributed by atoms with Crippen LogP contribution in [0.3, 0.4) is 0 Å². The van der Waals surface area contributed by atoms with Gasteiger partial charge in [0.15, 0.2) is 0 Å². The summed E-state index contributed by atoms with van der Waals surface area (Å²) in [6.45, 7) is 6.65. The predicted molar refractivity (Wildman–Crippen MR) is 87.5 cm³/mol. The van der Waals surface area contributed by atoms with Gasteiger partial charge in [0.1, 0.15) is 10.8 Å². The van der Waals surface area contributed by atoms with Crippen LogP contribution >= 0.6 is 11.6 Å². The number of amides is 2. The summed E-state index contributed by atoms with van der Waals surface area (Å²) in [7, 11) is 0. The van der Waals surface area contributed by atoms with Crippen LogP contribution in [-0.2, 0) is 4.74 Å². The highest BCUT2D eigenvalue weighted by molar-refractivity contribution is 6.29. The molecule has 1 saturated heterocycles. The molecule has 23 heavy (non-hydrogen) atoms. The van der Waals surface area contributed by atoms with E-state index < -0.39 is 11.7 Å². The first-order chi connectivity index (χ1) is 10.7. The van der Waals surface area contributed by atoms with Gasteiger partial charge in [-0.25, -0.2) is 9.78 Å². The van der Waals surface area contributed by atoms with Gasteiger partial charge in [-0.1, -0.05) is 11.6 Å². The van der Waals surface area contributed by atoms with Crippen LogP contribution in [0.1, 0.15) is 44.0 Å². The topological polar surface area (TPSA) is 71.5 Å². The summed E-state index contributed by atoms with van der Waals surface area (Å²) in [6.07, 6.45) is 2.47. The third kappa shape index (κ3) is 5.39. The van der Waals surface area contributed by atoms with Crippen LogP contribution in [0.2, 0.25) is 5.15 Å². The van der Waals surface area contributed by atoms with E-state index in [1.54, 1.807) is 17.0 Å². The van der Waals surface area contributed by atoms with Crippen molar-refractivity contribution in [1.82, 2.24) is 15.2 Å². The Hall–Kier alpha value is -1.82. The maximum absolute atomic E-state index is 12.4. The van der Waals surface area contributed by atoms with E-state index in [2.05, 4.69) is 10.3 Å². The Balaban J connectivity index is 1.83. The Kier molecular flexibility index (Phi) is 5.46. The van der Waals surface area contributed by atoms with Gasteiger partial charge in [-0.05, 0) is 45.7 Å². The van der Waals surface area contributed by atoms with Gasteiger partial charge in [-0.3, -0.25) is 4.79 Å². The number of ether oxygens (including phenoxy) is 1. The molecule has 1 fully saturated rings. The molecule has 2 amide bonds. The molecule has 0 radical (unpaired) electrons. The average Bonchev–Trinajstić information content (AvgIpc) is 2.46. The number of alkyl carbamates (subject to hydrolysis) is 1. The maximum Gasteiger partial charge on any atom is 0.407 e. The number of pyridine rings is 1. The number of carbonyl (C=O) groups is 2. The molecule has 0 unspecified atom stereocenters. The number of hydrogen-bond donors (Lipinski definition) is 1. The number of carbonyl (C=O) groups excluding carboxylic acids is 2. The van der Waals surface area contributed by atoms with E-state index in [9.17, 15) is 9.59 Å². The molecule has 1 aromatic heterocycles. The normalized spacial score (nSPS) is 16.1. The van der Waals surface area contributed by atoms with Gasteiger partial charge in [-0.15, -0.1) is 0 Å². The molecule has 1 N–H and O–H groups in total. The standard InChI is InChI=1S/C16H22ClN3O3/c1-16(2,3)23-15(22)19-12-6-8-20(9-7-12)14(21)11-4-5-13(17)18-10-11/h4-5,10,12H,6-9H2,1-3H3,(H,19,22). The second-order valence-electron chi connectivity index (χ2n) is 6.58. The molecule has 0 atom stereocenters. The second-order valence-corrected chi connectivity index (χ2v) is 6.97. The Labute approximate surface area is 141 Å². The minimum absolute atomic E-state index is 0.0252. The van der Waals surface area contributed by atoms with E-state index in [1.165, 1.54) is 6.20 Å². The van der Waals surface area contributed by atoms with Crippen LogP contribution in [0.5, 0.6) is 0 Å². The van der Waals surface area contributed by atoms with Crippen LogP contribution in [-0.4, -0.2) is 46.6 Å². The van der Waals surface area contributed by atoms with Crippen LogP contribution in [0.15, 0.2) is 18.3 Å². The summed E-state index contributed by atoms with van der Waals surface area (Å²) in [5.74, 6) is -0.0649. The number of hydrogen-bond acceptors (Lipinski definition) is 4. The van der Waals surface area contributed by atoms with Gasteiger partial charge < -0.3 is 15.0 Å². The van der Waals surface area contributed by atoms with Crippen LogP contribution in [0, 0.1) is 0 Å². The number of piperidine rings is 1. The fourth-order valence-corrected chi connectivity index (χ4v) is 2.50. The molecule has 6 nitrogen and oxygen atoms in total. The van der Waals surface area contributed by atoms with Crippen molar-refractivity contribution >= 4 is 23.6 Å². The zero-order chi connectivity index (χ0) is 17.0. The predicted octanol–water partition coefficient (Wildman–Crippen LogP) is 2.86. The van der Waals surface area contributed by atoms with E-state index in [1.807, 2.05) is 20.8 Å². The van der Waals surface area contributed by atoms with Gasteiger partial charge in [0, 0.05) is 25.3 Å². The van der Waals surface area contributed by atoms with E-state index in [-0.39, 0.29) is 11.9 Å². The van der Waals surface area contributed by atoms with Crippen molar-refractivity contribution in [2.45, 2.75) is 45.3 Å². The minimum atomic E-state index is -0.512. The van der Waals surface area contributed by atoms with Gasteiger partial charge >= 0.3 is 6.09 Å². The first kappa shape index (κ1) is 17.5. The van der Waals surface area contributed by atoms with E-state index >= 15 is 0 Å². The maximum atomic E-state index is 12.4. The summed E-state index contributed by atoms with van der Waals surface area (Å²) in [4.78, 5) is 29.8. The summed E-state index contributed by atoms with van der Waals surface area (Å²) in [5.41, 5.74) is 0.00968. The first-order valence-electron chi connectivity index (χ1n) is 7.65. The molecule has 0 bridgehead atoms. The summed E-state index contributed by atoms with van der Waals surface area (Å²) < 4.78 is 5.24. The van der Waals surface area contributed by atoms with Gasteiger partial charge in [-0.2, -0.15) is 0 Å². The molecule has 0 aliphatic carbocycles. The molecule has 2 heterocycles. The quantitative estimate of drug-likeness (QED) is 0.841. The number of halogens is 1. The lowest BCUT2D eigenvalue weighted by atomic mass is 10.0. The fourth-order valence-electron chi connectivity index (χ4n) is 2.39. The summed E-state index contributed by atoms with van der Waals surface area (Å²) in [5, 5.41) is 3.22. The molecule has 126 valence electrons. The number of nitrogens with zero attached hydrogens (tertiary/aromatic N) is 2. The largest absolute Gasteiger partial charge is 0.444 e. The molecule has 1 aliphatic heterocycles. The zero-order valence-corrected chi connectivity index (χ0v) is 14.4. The fraction of sp³-hybridized carbons (Fsp3) is 0.562. The first-order valence-corrected chi connectivity index (χ1v) is 8.03. The molecule has 1 aromatic rings. The van der Waals surface area contributed by atoms with E-state index in [4.69, 9.17) is 16.3 Å².